The molecule has 1 aliphatic rings. The van der Waals surface area contributed by atoms with Crippen molar-refractivity contribution in [2.75, 3.05) is 13.1 Å². The molecule has 3 nitrogen and oxygen atoms in total. The topological polar surface area (TPSA) is 33.2 Å². The largest absolute Gasteiger partial charge is 0.292 e. The van der Waals surface area contributed by atoms with E-state index in [0.29, 0.717) is 0 Å². The number of ketones is 1. The van der Waals surface area contributed by atoms with E-state index < -0.39 is 0 Å². The zero-order valence-electron chi connectivity index (χ0n) is 12.3. The number of hydrogen-bond acceptors (Lipinski definition) is 3. The van der Waals surface area contributed by atoms with Crippen molar-refractivity contribution in [1.29, 1.82) is 0 Å². The summed E-state index contributed by atoms with van der Waals surface area (Å²) in [4.78, 5) is 19.6. The maximum atomic E-state index is 13.0. The van der Waals surface area contributed by atoms with Crippen molar-refractivity contribution >= 4 is 5.78 Å². The molecule has 1 aliphatic carbocycles. The average Bonchev–Trinajstić information content (AvgIpc) is 2.91. The number of Topliss-reactive ketones (excluding diaryl/α,β-unsaturated/α-hetero) is 1. The molecule has 1 aromatic rings. The van der Waals surface area contributed by atoms with Crippen LogP contribution in [0, 0.1) is 6.92 Å². The van der Waals surface area contributed by atoms with E-state index in [1.54, 1.807) is 6.20 Å². The van der Waals surface area contributed by atoms with Crippen LogP contribution in [0.2, 0.25) is 0 Å². The molecule has 3 heteroatoms. The second-order valence-electron chi connectivity index (χ2n) is 5.43. The Morgan fingerprint density at radius 1 is 1.26 bits per heavy atom. The van der Waals surface area contributed by atoms with Gasteiger partial charge in [0.1, 0.15) is 0 Å². The molecule has 2 rings (SSSR count). The molecule has 0 aliphatic heterocycles. The second kappa shape index (κ2) is 5.83. The van der Waals surface area contributed by atoms with E-state index in [0.717, 1.165) is 50.0 Å². The average molecular weight is 260 g/mol. The van der Waals surface area contributed by atoms with E-state index in [2.05, 4.69) is 23.7 Å². The predicted molar refractivity (Wildman–Crippen MR) is 77.4 cm³/mol. The van der Waals surface area contributed by atoms with Crippen molar-refractivity contribution in [2.45, 2.75) is 52.0 Å². The summed E-state index contributed by atoms with van der Waals surface area (Å²) in [7, 11) is 0. The molecule has 0 amide bonds. The predicted octanol–water partition coefficient (Wildman–Crippen LogP) is 3.23. The number of carbonyl (C=O) groups is 1. The molecule has 0 bridgehead atoms. The molecule has 0 radical (unpaired) electrons. The number of carbonyl (C=O) groups excluding carboxylic acids is 1. The van der Waals surface area contributed by atoms with Gasteiger partial charge in [0.05, 0.1) is 5.54 Å². The minimum atomic E-state index is -0.277. The third kappa shape index (κ3) is 2.57. The summed E-state index contributed by atoms with van der Waals surface area (Å²) in [6, 6.07) is 3.85. The fourth-order valence-electron chi connectivity index (χ4n) is 3.35. The highest BCUT2D eigenvalue weighted by molar-refractivity contribution is 6.03. The van der Waals surface area contributed by atoms with E-state index >= 15 is 0 Å². The Kier molecular flexibility index (Phi) is 4.35. The number of rotatable bonds is 5. The first kappa shape index (κ1) is 14.2. The van der Waals surface area contributed by atoms with Crippen LogP contribution in [0.3, 0.4) is 0 Å². The first-order valence-corrected chi connectivity index (χ1v) is 7.36. The Balaban J connectivity index is 2.33. The van der Waals surface area contributed by atoms with E-state index in [9.17, 15) is 4.79 Å². The normalized spacial score (nSPS) is 17.9. The van der Waals surface area contributed by atoms with Crippen LogP contribution in [-0.4, -0.2) is 34.3 Å². The van der Waals surface area contributed by atoms with Gasteiger partial charge in [-0.3, -0.25) is 14.7 Å². The van der Waals surface area contributed by atoms with Crippen LogP contribution in [-0.2, 0) is 0 Å². The minimum absolute atomic E-state index is 0.265. The highest BCUT2D eigenvalue weighted by Crippen LogP contribution is 2.37. The molecule has 104 valence electrons. The van der Waals surface area contributed by atoms with Crippen LogP contribution in [0.1, 0.15) is 55.6 Å². The lowest BCUT2D eigenvalue weighted by molar-refractivity contribution is 0.0584. The van der Waals surface area contributed by atoms with Gasteiger partial charge in [-0.05, 0) is 45.0 Å². The standard InChI is InChI=1S/C16H24N2O/c1-4-18(5-2)16(10-6-7-11-16)15(19)14-9-8-13(3)17-12-14/h8-9,12H,4-7,10-11H2,1-3H3. The Labute approximate surface area is 116 Å². The molecule has 0 aromatic carbocycles. The molecule has 1 aromatic heterocycles. The van der Waals surface area contributed by atoms with Crippen molar-refractivity contribution < 1.29 is 4.79 Å². The van der Waals surface area contributed by atoms with Gasteiger partial charge in [-0.25, -0.2) is 0 Å². The third-order valence-electron chi connectivity index (χ3n) is 4.40. The Morgan fingerprint density at radius 3 is 2.37 bits per heavy atom. The van der Waals surface area contributed by atoms with Gasteiger partial charge in [-0.1, -0.05) is 26.7 Å². The van der Waals surface area contributed by atoms with Crippen molar-refractivity contribution in [3.05, 3.63) is 29.6 Å². The zero-order valence-corrected chi connectivity index (χ0v) is 12.3. The summed E-state index contributed by atoms with van der Waals surface area (Å²) in [6.07, 6.45) is 6.02. The lowest BCUT2D eigenvalue weighted by atomic mass is 9.86. The van der Waals surface area contributed by atoms with Crippen molar-refractivity contribution in [1.82, 2.24) is 9.88 Å². The summed E-state index contributed by atoms with van der Waals surface area (Å²) >= 11 is 0. The molecular formula is C16H24N2O. The molecule has 0 saturated heterocycles. The minimum Gasteiger partial charge on any atom is -0.292 e. The van der Waals surface area contributed by atoms with Crippen molar-refractivity contribution in [2.24, 2.45) is 0 Å². The molecular weight excluding hydrogens is 236 g/mol. The quantitative estimate of drug-likeness (QED) is 0.762. The smallest absolute Gasteiger partial charge is 0.184 e. The number of likely N-dealkylation sites (N-methyl/N-ethyl adjacent to an activating group) is 1. The summed E-state index contributed by atoms with van der Waals surface area (Å²) in [5.74, 6) is 0.265. The van der Waals surface area contributed by atoms with Gasteiger partial charge in [0.15, 0.2) is 5.78 Å². The Morgan fingerprint density at radius 2 is 1.89 bits per heavy atom. The summed E-state index contributed by atoms with van der Waals surface area (Å²) in [5.41, 5.74) is 1.44. The first-order chi connectivity index (χ1) is 9.14. The van der Waals surface area contributed by atoms with Gasteiger partial charge in [-0.2, -0.15) is 0 Å². The van der Waals surface area contributed by atoms with Crippen LogP contribution in [0.25, 0.3) is 0 Å². The van der Waals surface area contributed by atoms with Crippen molar-refractivity contribution in [3.8, 4) is 0 Å². The van der Waals surface area contributed by atoms with E-state index in [1.807, 2.05) is 19.1 Å². The lowest BCUT2D eigenvalue weighted by Gasteiger charge is -2.39. The molecule has 1 heterocycles. The summed E-state index contributed by atoms with van der Waals surface area (Å²) in [6.45, 7) is 8.10. The van der Waals surface area contributed by atoms with Crippen LogP contribution in [0.15, 0.2) is 18.3 Å². The van der Waals surface area contributed by atoms with Gasteiger partial charge >= 0.3 is 0 Å². The van der Waals surface area contributed by atoms with Gasteiger partial charge in [-0.15, -0.1) is 0 Å². The van der Waals surface area contributed by atoms with Crippen LogP contribution >= 0.6 is 0 Å². The number of nitrogens with zero attached hydrogens (tertiary/aromatic N) is 2. The van der Waals surface area contributed by atoms with Crippen LogP contribution < -0.4 is 0 Å². The first-order valence-electron chi connectivity index (χ1n) is 7.36. The SMILES string of the molecule is CCN(CC)C1(C(=O)c2ccc(C)nc2)CCCC1. The van der Waals surface area contributed by atoms with Crippen molar-refractivity contribution in [3.63, 3.8) is 0 Å². The molecule has 1 saturated carbocycles. The molecule has 1 fully saturated rings. The fourth-order valence-corrected chi connectivity index (χ4v) is 3.35. The third-order valence-corrected chi connectivity index (χ3v) is 4.40. The Bertz CT molecular complexity index is 429. The number of pyridine rings is 1. The zero-order chi connectivity index (χ0) is 13.9. The summed E-state index contributed by atoms with van der Waals surface area (Å²) < 4.78 is 0. The van der Waals surface area contributed by atoms with E-state index in [-0.39, 0.29) is 11.3 Å². The molecule has 0 spiro atoms. The molecule has 0 unspecified atom stereocenters. The Hall–Kier alpha value is -1.22. The fraction of sp³-hybridized carbons (Fsp3) is 0.625. The van der Waals surface area contributed by atoms with Crippen LogP contribution in [0.4, 0.5) is 0 Å². The molecule has 0 atom stereocenters. The number of hydrogen-bond donors (Lipinski definition) is 0. The second-order valence-corrected chi connectivity index (χ2v) is 5.43. The highest BCUT2D eigenvalue weighted by Gasteiger charge is 2.45. The van der Waals surface area contributed by atoms with Gasteiger partial charge < -0.3 is 0 Å². The highest BCUT2D eigenvalue weighted by atomic mass is 16.1. The van der Waals surface area contributed by atoms with Gasteiger partial charge in [0.25, 0.3) is 0 Å². The van der Waals surface area contributed by atoms with Crippen LogP contribution in [0.5, 0.6) is 0 Å². The number of aryl methyl sites for hydroxylation is 1. The molecule has 0 N–H and O–H groups in total. The maximum absolute atomic E-state index is 13.0. The van der Waals surface area contributed by atoms with E-state index in [4.69, 9.17) is 0 Å². The monoisotopic (exact) mass is 260 g/mol. The summed E-state index contributed by atoms with van der Waals surface area (Å²) in [5, 5.41) is 0. The van der Waals surface area contributed by atoms with Gasteiger partial charge in [0, 0.05) is 17.5 Å². The van der Waals surface area contributed by atoms with Gasteiger partial charge in [0.2, 0.25) is 0 Å². The maximum Gasteiger partial charge on any atom is 0.184 e. The lowest BCUT2D eigenvalue weighted by Crippen LogP contribution is -2.52. The molecule has 19 heavy (non-hydrogen) atoms. The van der Waals surface area contributed by atoms with E-state index in [1.165, 1.54) is 0 Å². The number of aromatic nitrogens is 1.